The normalized spacial score (nSPS) is 9.73. The maximum atomic E-state index is 11.9. The number of benzene rings is 2. The Kier molecular flexibility index (Phi) is 13.6. The molecule has 2 heterocycles. The molecule has 0 aliphatic heterocycles. The SMILES string of the molecule is CCOC(=O)c1ccccc1.CSc1nccc(C)n1.CSc1nccc(CC(=O)c2ccccc2)n1. The molecule has 9 heteroatoms. The van der Waals surface area contributed by atoms with E-state index in [-0.39, 0.29) is 11.8 Å². The van der Waals surface area contributed by atoms with Gasteiger partial charge >= 0.3 is 5.97 Å². The van der Waals surface area contributed by atoms with Crippen molar-refractivity contribution >= 4 is 35.3 Å². The molecule has 0 atom stereocenters. The van der Waals surface area contributed by atoms with E-state index in [0.717, 1.165) is 22.1 Å². The molecule has 0 unspecified atom stereocenters. The van der Waals surface area contributed by atoms with Crippen molar-refractivity contribution in [3.8, 4) is 0 Å². The van der Waals surface area contributed by atoms with Crippen LogP contribution in [0.5, 0.6) is 0 Å². The molecular weight excluding hydrogens is 504 g/mol. The number of aromatic nitrogens is 4. The molecule has 7 nitrogen and oxygen atoms in total. The van der Waals surface area contributed by atoms with Crippen LogP contribution in [0.1, 0.15) is 39.0 Å². The number of nitrogens with zero attached hydrogens (tertiary/aromatic N) is 4. The quantitative estimate of drug-likeness (QED) is 0.122. The average molecular weight is 535 g/mol. The molecule has 192 valence electrons. The Morgan fingerprint density at radius 1 is 0.757 bits per heavy atom. The third-order valence-electron chi connectivity index (χ3n) is 4.55. The van der Waals surface area contributed by atoms with Crippen molar-refractivity contribution in [1.29, 1.82) is 0 Å². The van der Waals surface area contributed by atoms with E-state index in [2.05, 4.69) is 19.9 Å². The van der Waals surface area contributed by atoms with Crippen molar-refractivity contribution in [3.63, 3.8) is 0 Å². The Hall–Kier alpha value is -3.56. The van der Waals surface area contributed by atoms with E-state index < -0.39 is 0 Å². The maximum absolute atomic E-state index is 11.9. The Bertz CT molecular complexity index is 1240. The number of Topliss-reactive ketones (excluding diaryl/α,β-unsaturated/α-hetero) is 1. The van der Waals surface area contributed by atoms with Crippen LogP contribution in [-0.2, 0) is 11.2 Å². The standard InChI is InChI=1S/C13H12N2OS.C9H10O2.C6H8N2S/c1-17-13-14-8-7-11(15-13)9-12(16)10-5-3-2-4-6-10;1-2-11-9(10)8-6-4-3-5-7-8;1-5-3-4-7-6(8-5)9-2/h2-8H,9H2,1H3;3-7H,2H2,1H3;3-4H,1-2H3. The zero-order valence-electron chi connectivity index (χ0n) is 21.3. The summed E-state index contributed by atoms with van der Waals surface area (Å²) in [5.74, 6) is -0.176. The van der Waals surface area contributed by atoms with Gasteiger partial charge in [-0.25, -0.2) is 24.7 Å². The van der Waals surface area contributed by atoms with E-state index in [1.165, 1.54) is 11.8 Å². The molecule has 0 aliphatic carbocycles. The average Bonchev–Trinajstić information content (AvgIpc) is 2.95. The molecule has 0 fully saturated rings. The molecule has 0 amide bonds. The summed E-state index contributed by atoms with van der Waals surface area (Å²) in [6.45, 7) is 4.18. The zero-order chi connectivity index (χ0) is 26.9. The first-order chi connectivity index (χ1) is 18.0. The van der Waals surface area contributed by atoms with Gasteiger partial charge in [-0.1, -0.05) is 72.1 Å². The maximum Gasteiger partial charge on any atom is 0.338 e. The van der Waals surface area contributed by atoms with Crippen LogP contribution in [0.3, 0.4) is 0 Å². The van der Waals surface area contributed by atoms with E-state index in [1.807, 2.05) is 74.0 Å². The summed E-state index contributed by atoms with van der Waals surface area (Å²) < 4.78 is 4.79. The van der Waals surface area contributed by atoms with Gasteiger partial charge in [-0.3, -0.25) is 4.79 Å². The molecule has 0 saturated carbocycles. The van der Waals surface area contributed by atoms with Crippen molar-refractivity contribution < 1.29 is 14.3 Å². The minimum atomic E-state index is -0.256. The topological polar surface area (TPSA) is 94.9 Å². The van der Waals surface area contributed by atoms with Gasteiger partial charge in [-0.05, 0) is 50.6 Å². The van der Waals surface area contributed by atoms with Gasteiger partial charge in [0.2, 0.25) is 0 Å². The van der Waals surface area contributed by atoms with Gasteiger partial charge in [-0.15, -0.1) is 0 Å². The molecule has 2 aromatic carbocycles. The Morgan fingerprint density at radius 3 is 1.81 bits per heavy atom. The summed E-state index contributed by atoms with van der Waals surface area (Å²) in [5.41, 5.74) is 3.11. The number of hydrogen-bond acceptors (Lipinski definition) is 9. The van der Waals surface area contributed by atoms with E-state index in [4.69, 9.17) is 4.74 Å². The number of carbonyl (C=O) groups is 2. The van der Waals surface area contributed by atoms with Crippen molar-refractivity contribution in [2.75, 3.05) is 19.1 Å². The number of ether oxygens (including phenoxy) is 1. The second kappa shape index (κ2) is 17.0. The smallest absolute Gasteiger partial charge is 0.338 e. The fourth-order valence-electron chi connectivity index (χ4n) is 2.78. The second-order valence-corrected chi connectivity index (χ2v) is 8.82. The lowest BCUT2D eigenvalue weighted by molar-refractivity contribution is 0.0526. The lowest BCUT2D eigenvalue weighted by Gasteiger charge is -2.01. The Labute approximate surface area is 226 Å². The lowest BCUT2D eigenvalue weighted by Crippen LogP contribution is -2.05. The largest absolute Gasteiger partial charge is 0.462 e. The number of esters is 1. The van der Waals surface area contributed by atoms with Gasteiger partial charge < -0.3 is 4.74 Å². The third-order valence-corrected chi connectivity index (χ3v) is 5.68. The van der Waals surface area contributed by atoms with Crippen LogP contribution in [0.15, 0.2) is 95.5 Å². The molecule has 37 heavy (non-hydrogen) atoms. The van der Waals surface area contributed by atoms with Crippen molar-refractivity contribution in [3.05, 3.63) is 108 Å². The van der Waals surface area contributed by atoms with Crippen LogP contribution in [0.4, 0.5) is 0 Å². The fourth-order valence-corrected chi connectivity index (χ4v) is 3.55. The molecule has 4 aromatic rings. The molecule has 2 aromatic heterocycles. The molecule has 4 rings (SSSR count). The number of aryl methyl sites for hydroxylation is 1. The highest BCUT2D eigenvalue weighted by atomic mass is 32.2. The number of ketones is 1. The molecule has 0 bridgehead atoms. The van der Waals surface area contributed by atoms with Gasteiger partial charge in [0.25, 0.3) is 0 Å². The number of thioether (sulfide) groups is 2. The first-order valence-electron chi connectivity index (χ1n) is 11.5. The molecular formula is C28H30N4O3S2. The van der Waals surface area contributed by atoms with Crippen molar-refractivity contribution in [1.82, 2.24) is 19.9 Å². The first kappa shape index (κ1) is 29.7. The number of hydrogen-bond donors (Lipinski definition) is 0. The monoisotopic (exact) mass is 534 g/mol. The summed E-state index contributed by atoms with van der Waals surface area (Å²) in [6.07, 6.45) is 7.66. The summed E-state index contributed by atoms with van der Waals surface area (Å²) >= 11 is 3.03. The van der Waals surface area contributed by atoms with E-state index in [9.17, 15) is 9.59 Å². The van der Waals surface area contributed by atoms with E-state index in [0.29, 0.717) is 23.7 Å². The van der Waals surface area contributed by atoms with Gasteiger partial charge in [0.15, 0.2) is 16.1 Å². The van der Waals surface area contributed by atoms with Gasteiger partial charge in [0.1, 0.15) is 0 Å². The van der Waals surface area contributed by atoms with Crippen molar-refractivity contribution in [2.45, 2.75) is 30.6 Å². The van der Waals surface area contributed by atoms with Crippen LogP contribution in [0.25, 0.3) is 0 Å². The van der Waals surface area contributed by atoms with Gasteiger partial charge in [0.05, 0.1) is 24.3 Å². The summed E-state index contributed by atoms with van der Waals surface area (Å²) in [6, 6.07) is 21.9. The lowest BCUT2D eigenvalue weighted by atomic mass is 10.1. The van der Waals surface area contributed by atoms with Crippen LogP contribution in [0.2, 0.25) is 0 Å². The predicted molar refractivity (Wildman–Crippen MR) is 149 cm³/mol. The zero-order valence-corrected chi connectivity index (χ0v) is 23.0. The molecule has 0 radical (unpaired) electrons. The van der Waals surface area contributed by atoms with Crippen LogP contribution in [-0.4, -0.2) is 50.8 Å². The van der Waals surface area contributed by atoms with Crippen LogP contribution < -0.4 is 0 Å². The minimum Gasteiger partial charge on any atom is -0.462 e. The first-order valence-corrected chi connectivity index (χ1v) is 13.9. The van der Waals surface area contributed by atoms with E-state index in [1.54, 1.807) is 49.3 Å². The molecule has 0 N–H and O–H groups in total. The highest BCUT2D eigenvalue weighted by Gasteiger charge is 2.08. The van der Waals surface area contributed by atoms with Crippen LogP contribution in [0, 0.1) is 6.92 Å². The highest BCUT2D eigenvalue weighted by Crippen LogP contribution is 2.10. The number of rotatable bonds is 7. The third kappa shape index (κ3) is 11.4. The second-order valence-electron chi connectivity index (χ2n) is 7.27. The molecule has 0 aliphatic rings. The summed E-state index contributed by atoms with van der Waals surface area (Å²) in [7, 11) is 0. The summed E-state index contributed by atoms with van der Waals surface area (Å²) in [5, 5.41) is 1.54. The molecule has 0 saturated heterocycles. The van der Waals surface area contributed by atoms with E-state index >= 15 is 0 Å². The molecule has 0 spiro atoms. The number of carbonyl (C=O) groups excluding carboxylic acids is 2. The van der Waals surface area contributed by atoms with Gasteiger partial charge in [-0.2, -0.15) is 0 Å². The highest BCUT2D eigenvalue weighted by molar-refractivity contribution is 7.98. The Balaban J connectivity index is 0.000000208. The van der Waals surface area contributed by atoms with Crippen molar-refractivity contribution in [2.24, 2.45) is 0 Å². The van der Waals surface area contributed by atoms with Gasteiger partial charge in [0, 0.05) is 23.7 Å². The van der Waals surface area contributed by atoms with Crippen LogP contribution >= 0.6 is 23.5 Å². The minimum absolute atomic E-state index is 0.0800. The predicted octanol–water partition coefficient (Wildman–Crippen LogP) is 5.99. The fraction of sp³-hybridized carbons (Fsp3) is 0.214. The summed E-state index contributed by atoms with van der Waals surface area (Å²) in [4.78, 5) is 39.5. The Morgan fingerprint density at radius 2 is 1.30 bits per heavy atom.